The van der Waals surface area contributed by atoms with Gasteiger partial charge in [-0.2, -0.15) is 0 Å². The van der Waals surface area contributed by atoms with E-state index in [9.17, 15) is 0 Å². The van der Waals surface area contributed by atoms with E-state index in [0.29, 0.717) is 11.6 Å². The van der Waals surface area contributed by atoms with Crippen molar-refractivity contribution < 1.29 is 4.74 Å². The molecule has 0 radical (unpaired) electrons. The number of piperazine rings is 1. The molecule has 1 N–H and O–H groups in total. The van der Waals surface area contributed by atoms with Gasteiger partial charge in [0.15, 0.2) is 0 Å². The Morgan fingerprint density at radius 2 is 2.19 bits per heavy atom. The first-order valence-electron chi connectivity index (χ1n) is 6.33. The SMILES string of the molecule is CN1CCN(CC2COCCN2)CC1(C)C. The minimum atomic E-state index is 0.299. The molecule has 2 aliphatic heterocycles. The molecule has 1 unspecified atom stereocenters. The van der Waals surface area contributed by atoms with Gasteiger partial charge in [0, 0.05) is 44.3 Å². The van der Waals surface area contributed by atoms with E-state index in [1.165, 1.54) is 13.1 Å². The van der Waals surface area contributed by atoms with Crippen molar-refractivity contribution in [2.45, 2.75) is 25.4 Å². The van der Waals surface area contributed by atoms with Gasteiger partial charge in [0.2, 0.25) is 0 Å². The summed E-state index contributed by atoms with van der Waals surface area (Å²) in [5.41, 5.74) is 0.299. The van der Waals surface area contributed by atoms with Gasteiger partial charge in [0.05, 0.1) is 13.2 Å². The third-order valence-corrected chi connectivity index (χ3v) is 3.87. The maximum atomic E-state index is 5.50. The third kappa shape index (κ3) is 2.94. The maximum absolute atomic E-state index is 5.50. The van der Waals surface area contributed by atoms with Crippen LogP contribution in [0.4, 0.5) is 0 Å². The molecule has 4 nitrogen and oxygen atoms in total. The number of likely N-dealkylation sites (N-methyl/N-ethyl adjacent to an activating group) is 1. The fourth-order valence-corrected chi connectivity index (χ4v) is 2.55. The molecule has 0 aromatic rings. The molecule has 2 heterocycles. The Bertz CT molecular complexity index is 226. The van der Waals surface area contributed by atoms with E-state index >= 15 is 0 Å². The van der Waals surface area contributed by atoms with Crippen LogP contribution in [-0.2, 0) is 4.74 Å². The number of rotatable bonds is 2. The van der Waals surface area contributed by atoms with Gasteiger partial charge in [0.1, 0.15) is 0 Å². The predicted molar refractivity (Wildman–Crippen MR) is 65.8 cm³/mol. The highest BCUT2D eigenvalue weighted by molar-refractivity contribution is 4.89. The van der Waals surface area contributed by atoms with E-state index in [-0.39, 0.29) is 0 Å². The molecule has 0 amide bonds. The summed E-state index contributed by atoms with van der Waals surface area (Å²) in [5, 5.41) is 3.52. The van der Waals surface area contributed by atoms with Crippen molar-refractivity contribution in [3.05, 3.63) is 0 Å². The summed E-state index contributed by atoms with van der Waals surface area (Å²) in [6, 6.07) is 0.521. The second-order valence-electron chi connectivity index (χ2n) is 5.70. The molecule has 2 aliphatic rings. The van der Waals surface area contributed by atoms with Crippen LogP contribution in [0.1, 0.15) is 13.8 Å². The van der Waals surface area contributed by atoms with Gasteiger partial charge in [0.25, 0.3) is 0 Å². The zero-order chi connectivity index (χ0) is 11.6. The van der Waals surface area contributed by atoms with Crippen molar-refractivity contribution in [1.82, 2.24) is 15.1 Å². The Labute approximate surface area is 98.9 Å². The zero-order valence-corrected chi connectivity index (χ0v) is 10.8. The highest BCUT2D eigenvalue weighted by Gasteiger charge is 2.31. The molecular formula is C12H25N3O. The first kappa shape index (κ1) is 12.3. The smallest absolute Gasteiger partial charge is 0.0632 e. The molecule has 2 saturated heterocycles. The van der Waals surface area contributed by atoms with E-state index in [4.69, 9.17) is 4.74 Å². The first-order valence-corrected chi connectivity index (χ1v) is 6.33. The molecule has 0 saturated carbocycles. The number of ether oxygens (including phenoxy) is 1. The summed E-state index contributed by atoms with van der Waals surface area (Å²) in [5.74, 6) is 0. The standard InChI is InChI=1S/C12H25N3O/c1-12(2)10-15(6-5-14(12)3)8-11-9-16-7-4-13-11/h11,13H,4-10H2,1-3H3. The Hall–Kier alpha value is -0.160. The number of hydrogen-bond donors (Lipinski definition) is 1. The molecule has 4 heteroatoms. The zero-order valence-electron chi connectivity index (χ0n) is 10.8. The van der Waals surface area contributed by atoms with Crippen molar-refractivity contribution in [2.75, 3.05) is 53.0 Å². The van der Waals surface area contributed by atoms with Gasteiger partial charge in [-0.15, -0.1) is 0 Å². The van der Waals surface area contributed by atoms with Crippen LogP contribution < -0.4 is 5.32 Å². The van der Waals surface area contributed by atoms with Crippen LogP contribution in [0.2, 0.25) is 0 Å². The molecule has 2 fully saturated rings. The monoisotopic (exact) mass is 227 g/mol. The highest BCUT2D eigenvalue weighted by atomic mass is 16.5. The van der Waals surface area contributed by atoms with E-state index in [1.54, 1.807) is 0 Å². The Kier molecular flexibility index (Phi) is 3.85. The van der Waals surface area contributed by atoms with Crippen molar-refractivity contribution in [2.24, 2.45) is 0 Å². The minimum absolute atomic E-state index is 0.299. The molecule has 16 heavy (non-hydrogen) atoms. The largest absolute Gasteiger partial charge is 0.378 e. The molecular weight excluding hydrogens is 202 g/mol. The summed E-state index contributed by atoms with van der Waals surface area (Å²) in [4.78, 5) is 5.01. The molecule has 0 aliphatic carbocycles. The number of hydrogen-bond acceptors (Lipinski definition) is 4. The predicted octanol–water partition coefficient (Wildman–Crippen LogP) is 0.000800. The van der Waals surface area contributed by atoms with Crippen molar-refractivity contribution >= 4 is 0 Å². The average Bonchev–Trinajstić information content (AvgIpc) is 2.25. The summed E-state index contributed by atoms with van der Waals surface area (Å²) < 4.78 is 5.50. The van der Waals surface area contributed by atoms with Crippen LogP contribution in [0.15, 0.2) is 0 Å². The quantitative estimate of drug-likeness (QED) is 0.719. The fraction of sp³-hybridized carbons (Fsp3) is 1.00. The van der Waals surface area contributed by atoms with E-state index < -0.39 is 0 Å². The Morgan fingerprint density at radius 1 is 1.38 bits per heavy atom. The lowest BCUT2D eigenvalue weighted by Gasteiger charge is -2.46. The van der Waals surface area contributed by atoms with Gasteiger partial charge in [-0.05, 0) is 20.9 Å². The number of nitrogens with one attached hydrogen (secondary N) is 1. The van der Waals surface area contributed by atoms with Crippen LogP contribution in [0.25, 0.3) is 0 Å². The number of morpholine rings is 1. The Balaban J connectivity index is 1.81. The van der Waals surface area contributed by atoms with E-state index in [2.05, 4.69) is 36.0 Å². The van der Waals surface area contributed by atoms with Gasteiger partial charge < -0.3 is 10.1 Å². The van der Waals surface area contributed by atoms with Crippen LogP contribution in [0, 0.1) is 0 Å². The average molecular weight is 227 g/mol. The molecule has 2 rings (SSSR count). The van der Waals surface area contributed by atoms with Crippen molar-refractivity contribution in [1.29, 1.82) is 0 Å². The summed E-state index contributed by atoms with van der Waals surface area (Å²) >= 11 is 0. The molecule has 94 valence electrons. The van der Waals surface area contributed by atoms with E-state index in [1.807, 2.05) is 0 Å². The minimum Gasteiger partial charge on any atom is -0.378 e. The van der Waals surface area contributed by atoms with Gasteiger partial charge >= 0.3 is 0 Å². The summed E-state index contributed by atoms with van der Waals surface area (Å²) in [6.45, 7) is 12.0. The van der Waals surface area contributed by atoms with Crippen LogP contribution in [0.3, 0.4) is 0 Å². The van der Waals surface area contributed by atoms with Crippen LogP contribution >= 0.6 is 0 Å². The summed E-state index contributed by atoms with van der Waals surface area (Å²) in [7, 11) is 2.22. The highest BCUT2D eigenvalue weighted by Crippen LogP contribution is 2.18. The van der Waals surface area contributed by atoms with Crippen LogP contribution in [0.5, 0.6) is 0 Å². The molecule has 0 bridgehead atoms. The van der Waals surface area contributed by atoms with Gasteiger partial charge in [-0.3, -0.25) is 9.80 Å². The third-order valence-electron chi connectivity index (χ3n) is 3.87. The van der Waals surface area contributed by atoms with Gasteiger partial charge in [-0.1, -0.05) is 0 Å². The molecule has 0 spiro atoms. The Morgan fingerprint density at radius 3 is 2.81 bits per heavy atom. The second-order valence-corrected chi connectivity index (χ2v) is 5.70. The first-order chi connectivity index (χ1) is 7.58. The lowest BCUT2D eigenvalue weighted by molar-refractivity contribution is 0.0147. The lowest BCUT2D eigenvalue weighted by atomic mass is 9.99. The van der Waals surface area contributed by atoms with Crippen molar-refractivity contribution in [3.63, 3.8) is 0 Å². The lowest BCUT2D eigenvalue weighted by Crippen LogP contribution is -2.60. The normalized spacial score (nSPS) is 32.8. The van der Waals surface area contributed by atoms with E-state index in [0.717, 1.165) is 32.8 Å². The molecule has 0 aromatic carbocycles. The molecule has 1 atom stereocenters. The van der Waals surface area contributed by atoms with Crippen molar-refractivity contribution in [3.8, 4) is 0 Å². The topological polar surface area (TPSA) is 27.7 Å². The number of nitrogens with zero attached hydrogens (tertiary/aromatic N) is 2. The van der Waals surface area contributed by atoms with Crippen LogP contribution in [-0.4, -0.2) is 74.4 Å². The summed E-state index contributed by atoms with van der Waals surface area (Å²) in [6.07, 6.45) is 0. The second kappa shape index (κ2) is 5.00. The molecule has 0 aromatic heterocycles. The fourth-order valence-electron chi connectivity index (χ4n) is 2.55. The van der Waals surface area contributed by atoms with Gasteiger partial charge in [-0.25, -0.2) is 0 Å². The maximum Gasteiger partial charge on any atom is 0.0632 e.